The maximum absolute atomic E-state index is 12.5. The van der Waals surface area contributed by atoms with Crippen molar-refractivity contribution in [2.45, 2.75) is 34.6 Å². The van der Waals surface area contributed by atoms with E-state index in [1.54, 1.807) is 0 Å². The Balaban J connectivity index is 2.11. The minimum absolute atomic E-state index is 0.0210. The molecule has 2 amide bonds. The first-order valence-electron chi connectivity index (χ1n) is 9.35. The Bertz CT molecular complexity index is 796. The second-order valence-corrected chi connectivity index (χ2v) is 6.64. The molecule has 0 unspecified atom stereocenters. The molecule has 5 heteroatoms. The topological polar surface area (TPSA) is 52.6 Å². The molecule has 0 atom stereocenters. The molecule has 0 aromatic heterocycles. The van der Waals surface area contributed by atoms with Crippen LogP contribution >= 0.6 is 0 Å². The zero-order valence-corrected chi connectivity index (χ0v) is 16.9. The predicted molar refractivity (Wildman–Crippen MR) is 113 cm³/mol. The highest BCUT2D eigenvalue weighted by Crippen LogP contribution is 2.21. The first-order valence-corrected chi connectivity index (χ1v) is 9.35. The summed E-state index contributed by atoms with van der Waals surface area (Å²) < 4.78 is 0. The first kappa shape index (κ1) is 20.5. The molecule has 0 fully saturated rings. The van der Waals surface area contributed by atoms with Crippen molar-refractivity contribution in [3.8, 4) is 0 Å². The number of rotatable bonds is 7. The molecule has 0 spiro atoms. The van der Waals surface area contributed by atoms with E-state index in [1.807, 2.05) is 56.3 Å². The van der Waals surface area contributed by atoms with Crippen LogP contribution in [0.15, 0.2) is 42.5 Å². The number of anilines is 3. The standard InChI is InChI=1S/C22H29N3O2/c1-6-24(7-2)20-10-12-21(13-11-20)25(18(5)26)15-22(27)23-19-9-8-16(3)17(4)14-19/h8-14H,6-7,15H2,1-5H3,(H,23,27). The Kier molecular flexibility index (Phi) is 6.99. The van der Waals surface area contributed by atoms with E-state index < -0.39 is 0 Å². The SMILES string of the molecule is CCN(CC)c1ccc(N(CC(=O)Nc2ccc(C)c(C)c2)C(C)=O)cc1. The van der Waals surface area contributed by atoms with E-state index in [-0.39, 0.29) is 18.4 Å². The molecule has 2 aromatic carbocycles. The van der Waals surface area contributed by atoms with Gasteiger partial charge in [-0.2, -0.15) is 0 Å². The van der Waals surface area contributed by atoms with E-state index in [2.05, 4.69) is 24.1 Å². The normalized spacial score (nSPS) is 10.4. The lowest BCUT2D eigenvalue weighted by molar-refractivity contribution is -0.120. The van der Waals surface area contributed by atoms with Crippen molar-refractivity contribution in [2.75, 3.05) is 34.8 Å². The van der Waals surface area contributed by atoms with Gasteiger partial charge in [0.05, 0.1) is 0 Å². The molecular weight excluding hydrogens is 338 g/mol. The number of nitrogens with one attached hydrogen (secondary N) is 1. The monoisotopic (exact) mass is 367 g/mol. The third-order valence-corrected chi connectivity index (χ3v) is 4.76. The van der Waals surface area contributed by atoms with Gasteiger partial charge in [0.15, 0.2) is 0 Å². The number of hydrogen-bond donors (Lipinski definition) is 1. The summed E-state index contributed by atoms with van der Waals surface area (Å²) in [6.07, 6.45) is 0. The van der Waals surface area contributed by atoms with Crippen LogP contribution in [-0.4, -0.2) is 31.4 Å². The van der Waals surface area contributed by atoms with Gasteiger partial charge in [-0.3, -0.25) is 9.59 Å². The maximum Gasteiger partial charge on any atom is 0.244 e. The summed E-state index contributed by atoms with van der Waals surface area (Å²) in [7, 11) is 0. The van der Waals surface area contributed by atoms with Crippen molar-refractivity contribution < 1.29 is 9.59 Å². The molecule has 1 N–H and O–H groups in total. The highest BCUT2D eigenvalue weighted by molar-refractivity contribution is 6.01. The van der Waals surface area contributed by atoms with Gasteiger partial charge in [0, 0.05) is 37.1 Å². The summed E-state index contributed by atoms with van der Waals surface area (Å²) >= 11 is 0. The highest BCUT2D eigenvalue weighted by atomic mass is 16.2. The van der Waals surface area contributed by atoms with Crippen LogP contribution in [0.2, 0.25) is 0 Å². The molecule has 0 bridgehead atoms. The maximum atomic E-state index is 12.5. The molecule has 2 aromatic rings. The Morgan fingerprint density at radius 2 is 1.48 bits per heavy atom. The Morgan fingerprint density at radius 3 is 2.00 bits per heavy atom. The van der Waals surface area contributed by atoms with E-state index in [0.717, 1.165) is 30.0 Å². The molecule has 2 rings (SSSR count). The Labute approximate surface area is 162 Å². The molecule has 27 heavy (non-hydrogen) atoms. The van der Waals surface area contributed by atoms with Crippen LogP contribution in [0.25, 0.3) is 0 Å². The van der Waals surface area contributed by atoms with Crippen LogP contribution in [-0.2, 0) is 9.59 Å². The number of benzene rings is 2. The largest absolute Gasteiger partial charge is 0.372 e. The fraction of sp³-hybridized carbons (Fsp3) is 0.364. The lowest BCUT2D eigenvalue weighted by atomic mass is 10.1. The van der Waals surface area contributed by atoms with Crippen LogP contribution in [0.1, 0.15) is 31.9 Å². The molecule has 144 valence electrons. The van der Waals surface area contributed by atoms with Crippen LogP contribution in [0.3, 0.4) is 0 Å². The van der Waals surface area contributed by atoms with E-state index in [1.165, 1.54) is 17.4 Å². The summed E-state index contributed by atoms with van der Waals surface area (Å²) in [5, 5.41) is 2.87. The van der Waals surface area contributed by atoms with Crippen LogP contribution in [0.5, 0.6) is 0 Å². The summed E-state index contributed by atoms with van der Waals surface area (Å²) in [5.74, 6) is -0.387. The zero-order chi connectivity index (χ0) is 20.0. The van der Waals surface area contributed by atoms with Crippen LogP contribution in [0, 0.1) is 13.8 Å². The molecule has 0 saturated carbocycles. The fourth-order valence-corrected chi connectivity index (χ4v) is 2.98. The van der Waals surface area contributed by atoms with Gasteiger partial charge >= 0.3 is 0 Å². The summed E-state index contributed by atoms with van der Waals surface area (Å²) in [5.41, 5.74) is 4.85. The van der Waals surface area contributed by atoms with Gasteiger partial charge in [-0.1, -0.05) is 6.07 Å². The first-order chi connectivity index (χ1) is 12.8. The quantitative estimate of drug-likeness (QED) is 0.800. The molecular formula is C22H29N3O2. The van der Waals surface area contributed by atoms with E-state index in [0.29, 0.717) is 5.69 Å². The van der Waals surface area contributed by atoms with Crippen molar-refractivity contribution >= 4 is 28.9 Å². The van der Waals surface area contributed by atoms with E-state index in [9.17, 15) is 9.59 Å². The molecule has 0 heterocycles. The lowest BCUT2D eigenvalue weighted by Gasteiger charge is -2.24. The van der Waals surface area contributed by atoms with Gasteiger partial charge < -0.3 is 15.1 Å². The van der Waals surface area contributed by atoms with E-state index >= 15 is 0 Å². The van der Waals surface area contributed by atoms with Gasteiger partial charge in [-0.05, 0) is 75.2 Å². The molecule has 0 saturated heterocycles. The highest BCUT2D eigenvalue weighted by Gasteiger charge is 2.16. The Hall–Kier alpha value is -2.82. The van der Waals surface area contributed by atoms with Crippen molar-refractivity contribution in [3.05, 3.63) is 53.6 Å². The second-order valence-electron chi connectivity index (χ2n) is 6.64. The van der Waals surface area contributed by atoms with Gasteiger partial charge in [-0.15, -0.1) is 0 Å². The average molecular weight is 367 g/mol. The van der Waals surface area contributed by atoms with Crippen molar-refractivity contribution in [3.63, 3.8) is 0 Å². The van der Waals surface area contributed by atoms with Crippen LogP contribution in [0.4, 0.5) is 17.1 Å². The summed E-state index contributed by atoms with van der Waals surface area (Å²) in [6, 6.07) is 13.5. The van der Waals surface area contributed by atoms with Gasteiger partial charge in [0.2, 0.25) is 11.8 Å². The number of hydrogen-bond acceptors (Lipinski definition) is 3. The summed E-state index contributed by atoms with van der Waals surface area (Å²) in [6.45, 7) is 11.5. The molecule has 0 radical (unpaired) electrons. The minimum Gasteiger partial charge on any atom is -0.372 e. The predicted octanol–water partition coefficient (Wildman–Crippen LogP) is 4.14. The van der Waals surface area contributed by atoms with Gasteiger partial charge in [-0.25, -0.2) is 0 Å². The van der Waals surface area contributed by atoms with Crippen molar-refractivity contribution in [2.24, 2.45) is 0 Å². The van der Waals surface area contributed by atoms with Gasteiger partial charge in [0.25, 0.3) is 0 Å². The molecule has 0 aliphatic carbocycles. The lowest BCUT2D eigenvalue weighted by Crippen LogP contribution is -2.36. The number of nitrogens with zero attached hydrogens (tertiary/aromatic N) is 2. The minimum atomic E-state index is -0.221. The van der Waals surface area contributed by atoms with Gasteiger partial charge in [0.1, 0.15) is 6.54 Å². The molecule has 0 aliphatic rings. The third kappa shape index (κ3) is 5.33. The number of amides is 2. The number of carbonyl (C=O) groups excluding carboxylic acids is 2. The Morgan fingerprint density at radius 1 is 0.889 bits per heavy atom. The molecule has 5 nitrogen and oxygen atoms in total. The smallest absolute Gasteiger partial charge is 0.244 e. The van der Waals surface area contributed by atoms with Crippen LogP contribution < -0.4 is 15.1 Å². The fourth-order valence-electron chi connectivity index (χ4n) is 2.98. The zero-order valence-electron chi connectivity index (χ0n) is 16.9. The van der Waals surface area contributed by atoms with E-state index in [4.69, 9.17) is 0 Å². The van der Waals surface area contributed by atoms with Crippen molar-refractivity contribution in [1.82, 2.24) is 0 Å². The van der Waals surface area contributed by atoms with Crippen molar-refractivity contribution in [1.29, 1.82) is 0 Å². The third-order valence-electron chi connectivity index (χ3n) is 4.76. The molecule has 0 aliphatic heterocycles. The number of aryl methyl sites for hydroxylation is 2. The second kappa shape index (κ2) is 9.21. The summed E-state index contributed by atoms with van der Waals surface area (Å²) in [4.78, 5) is 28.3. The average Bonchev–Trinajstić information content (AvgIpc) is 2.64. The number of carbonyl (C=O) groups is 2.